The molecule has 0 aromatic heterocycles. The number of carbonyl (C=O) groups is 3. The van der Waals surface area contributed by atoms with E-state index in [9.17, 15) is 19.5 Å². The van der Waals surface area contributed by atoms with Crippen LogP contribution < -0.4 is 15.7 Å². The minimum atomic E-state index is -1.44. The highest BCUT2D eigenvalue weighted by Crippen LogP contribution is 2.12. The van der Waals surface area contributed by atoms with Crippen LogP contribution >= 0.6 is 11.6 Å². The van der Waals surface area contributed by atoms with Crippen molar-refractivity contribution in [3.8, 4) is 0 Å². The minimum absolute atomic E-state index is 0.0996. The molecule has 0 radical (unpaired) electrons. The van der Waals surface area contributed by atoms with Crippen LogP contribution in [0, 0.1) is 0 Å². The molecule has 2 aromatic carbocycles. The molecule has 2 N–H and O–H groups in total. The van der Waals surface area contributed by atoms with Gasteiger partial charge in [-0.3, -0.25) is 9.59 Å². The molecular formula is C18H14ClN2O4-. The average Bonchev–Trinajstić information content (AvgIpc) is 2.61. The number of hydrogen-bond donors (Lipinski definition) is 2. The van der Waals surface area contributed by atoms with E-state index in [0.717, 1.165) is 0 Å². The second-order valence-corrected chi connectivity index (χ2v) is 5.42. The van der Waals surface area contributed by atoms with E-state index in [0.29, 0.717) is 16.1 Å². The van der Waals surface area contributed by atoms with Crippen LogP contribution in [0.2, 0.25) is 5.02 Å². The third-order valence-corrected chi connectivity index (χ3v) is 3.36. The highest BCUT2D eigenvalue weighted by molar-refractivity contribution is 6.30. The van der Waals surface area contributed by atoms with Crippen molar-refractivity contribution in [2.24, 2.45) is 0 Å². The Morgan fingerprint density at radius 3 is 2.24 bits per heavy atom. The predicted molar refractivity (Wildman–Crippen MR) is 91.4 cm³/mol. The summed E-state index contributed by atoms with van der Waals surface area (Å²) in [6.07, 6.45) is 1.42. The van der Waals surface area contributed by atoms with E-state index < -0.39 is 24.3 Å². The fourth-order valence-electron chi connectivity index (χ4n) is 1.92. The Bertz CT molecular complexity index is 802. The molecule has 0 aliphatic heterocycles. The van der Waals surface area contributed by atoms with Gasteiger partial charge in [-0.15, -0.1) is 0 Å². The minimum Gasteiger partial charge on any atom is -0.548 e. The van der Waals surface area contributed by atoms with E-state index in [1.807, 2.05) is 0 Å². The quantitative estimate of drug-likeness (QED) is 0.753. The molecule has 0 saturated heterocycles. The maximum atomic E-state index is 12.3. The number of hydrogen-bond acceptors (Lipinski definition) is 4. The number of aliphatic carboxylic acids is 1. The molecule has 0 fully saturated rings. The number of carbonyl (C=O) groups excluding carboxylic acids is 3. The molecule has 2 aromatic rings. The van der Waals surface area contributed by atoms with Crippen molar-refractivity contribution in [2.75, 3.05) is 6.54 Å². The third-order valence-electron chi connectivity index (χ3n) is 3.10. The van der Waals surface area contributed by atoms with Gasteiger partial charge in [0.15, 0.2) is 0 Å². The summed E-state index contributed by atoms with van der Waals surface area (Å²) < 4.78 is 0. The van der Waals surface area contributed by atoms with Crippen LogP contribution in [-0.4, -0.2) is 24.3 Å². The molecule has 7 heteroatoms. The van der Waals surface area contributed by atoms with Crippen molar-refractivity contribution >= 4 is 35.5 Å². The molecule has 0 unspecified atom stereocenters. The normalized spacial score (nSPS) is 10.8. The van der Waals surface area contributed by atoms with Gasteiger partial charge in [-0.25, -0.2) is 0 Å². The van der Waals surface area contributed by atoms with Crippen LogP contribution in [0.15, 0.2) is 60.3 Å². The Morgan fingerprint density at radius 2 is 1.64 bits per heavy atom. The van der Waals surface area contributed by atoms with Gasteiger partial charge in [0, 0.05) is 10.6 Å². The van der Waals surface area contributed by atoms with Crippen LogP contribution in [0.3, 0.4) is 0 Å². The Hall–Kier alpha value is -3.12. The molecule has 6 nitrogen and oxygen atoms in total. The third kappa shape index (κ3) is 5.78. The summed E-state index contributed by atoms with van der Waals surface area (Å²) in [7, 11) is 0. The Kier molecular flexibility index (Phi) is 6.31. The van der Waals surface area contributed by atoms with Gasteiger partial charge in [-0.2, -0.15) is 0 Å². The topological polar surface area (TPSA) is 98.3 Å². The predicted octanol–water partition coefficient (Wildman–Crippen LogP) is 0.977. The first-order valence-corrected chi connectivity index (χ1v) is 7.65. The Balaban J connectivity index is 2.24. The van der Waals surface area contributed by atoms with E-state index >= 15 is 0 Å². The van der Waals surface area contributed by atoms with Crippen molar-refractivity contribution in [2.45, 2.75) is 0 Å². The Labute approximate surface area is 149 Å². The standard InChI is InChI=1S/C18H15ClN2O4/c19-14-8-6-12(7-9-14)10-15(18(25)20-11-16(22)23)21-17(24)13-4-2-1-3-5-13/h1-10H,11H2,(H,20,25)(H,21,24)(H,22,23)/p-1/b15-10+. The first-order valence-electron chi connectivity index (χ1n) is 7.27. The highest BCUT2D eigenvalue weighted by Gasteiger charge is 2.14. The first kappa shape index (κ1) is 18.2. The number of carboxylic acid groups (broad SMARTS) is 1. The number of rotatable bonds is 6. The lowest BCUT2D eigenvalue weighted by Gasteiger charge is -2.11. The average molecular weight is 358 g/mol. The van der Waals surface area contributed by atoms with E-state index in [-0.39, 0.29) is 5.70 Å². The van der Waals surface area contributed by atoms with E-state index in [2.05, 4.69) is 10.6 Å². The van der Waals surface area contributed by atoms with Gasteiger partial charge in [0.1, 0.15) is 5.70 Å². The number of amides is 2. The highest BCUT2D eigenvalue weighted by atomic mass is 35.5. The van der Waals surface area contributed by atoms with Crippen molar-refractivity contribution in [3.63, 3.8) is 0 Å². The lowest BCUT2D eigenvalue weighted by molar-refractivity contribution is -0.303. The molecule has 0 saturated carbocycles. The molecular weight excluding hydrogens is 344 g/mol. The lowest BCUT2D eigenvalue weighted by atomic mass is 10.1. The van der Waals surface area contributed by atoms with Gasteiger partial charge in [0.05, 0.1) is 12.5 Å². The molecule has 0 heterocycles. The SMILES string of the molecule is O=C([O-])CNC(=O)/C(=C\c1ccc(Cl)cc1)NC(=O)c1ccccc1. The smallest absolute Gasteiger partial charge is 0.268 e. The zero-order chi connectivity index (χ0) is 18.2. The summed E-state index contributed by atoms with van der Waals surface area (Å²) in [6, 6.07) is 14.9. The zero-order valence-corrected chi connectivity index (χ0v) is 13.7. The number of benzene rings is 2. The van der Waals surface area contributed by atoms with Crippen LogP contribution in [0.5, 0.6) is 0 Å². The molecule has 0 bridgehead atoms. The van der Waals surface area contributed by atoms with Gasteiger partial charge in [-0.05, 0) is 35.9 Å². The number of nitrogens with one attached hydrogen (secondary N) is 2. The molecule has 2 rings (SSSR count). The summed E-state index contributed by atoms with van der Waals surface area (Å²) in [4.78, 5) is 35.0. The summed E-state index contributed by atoms with van der Waals surface area (Å²) >= 11 is 5.82. The molecule has 0 aliphatic carbocycles. The Morgan fingerprint density at radius 1 is 1.00 bits per heavy atom. The first-order chi connectivity index (χ1) is 12.0. The fraction of sp³-hybridized carbons (Fsp3) is 0.0556. The monoisotopic (exact) mass is 357 g/mol. The van der Waals surface area contributed by atoms with Crippen molar-refractivity contribution in [3.05, 3.63) is 76.4 Å². The maximum absolute atomic E-state index is 12.3. The summed E-state index contributed by atoms with van der Waals surface area (Å²) in [5, 5.41) is 15.7. The molecule has 128 valence electrons. The largest absolute Gasteiger partial charge is 0.548 e. The van der Waals surface area contributed by atoms with Gasteiger partial charge in [0.25, 0.3) is 11.8 Å². The summed E-state index contributed by atoms with van der Waals surface area (Å²) in [5.41, 5.74) is 0.867. The van der Waals surface area contributed by atoms with Gasteiger partial charge in [0.2, 0.25) is 0 Å². The van der Waals surface area contributed by atoms with Gasteiger partial charge < -0.3 is 20.5 Å². The van der Waals surface area contributed by atoms with Gasteiger partial charge >= 0.3 is 0 Å². The molecule has 0 atom stereocenters. The lowest BCUT2D eigenvalue weighted by Crippen LogP contribution is -2.41. The summed E-state index contributed by atoms with van der Waals surface area (Å²) in [6.45, 7) is -0.669. The fourth-order valence-corrected chi connectivity index (χ4v) is 2.04. The molecule has 25 heavy (non-hydrogen) atoms. The van der Waals surface area contributed by atoms with Crippen molar-refractivity contribution in [1.29, 1.82) is 0 Å². The second kappa shape index (κ2) is 8.65. The maximum Gasteiger partial charge on any atom is 0.268 e. The second-order valence-electron chi connectivity index (χ2n) is 4.98. The molecule has 0 spiro atoms. The van der Waals surface area contributed by atoms with Crippen LogP contribution in [0.25, 0.3) is 6.08 Å². The van der Waals surface area contributed by atoms with E-state index in [1.54, 1.807) is 54.6 Å². The van der Waals surface area contributed by atoms with Crippen LogP contribution in [0.4, 0.5) is 0 Å². The van der Waals surface area contributed by atoms with Crippen molar-refractivity contribution in [1.82, 2.24) is 10.6 Å². The zero-order valence-electron chi connectivity index (χ0n) is 13.0. The molecule has 0 aliphatic rings. The van der Waals surface area contributed by atoms with E-state index in [4.69, 9.17) is 11.6 Å². The molecule has 2 amide bonds. The van der Waals surface area contributed by atoms with Crippen LogP contribution in [-0.2, 0) is 9.59 Å². The summed E-state index contributed by atoms with van der Waals surface area (Å²) in [5.74, 6) is -2.68. The number of halogens is 1. The van der Waals surface area contributed by atoms with Gasteiger partial charge in [-0.1, -0.05) is 41.9 Å². The van der Waals surface area contributed by atoms with Crippen LogP contribution in [0.1, 0.15) is 15.9 Å². The van der Waals surface area contributed by atoms with E-state index in [1.165, 1.54) is 6.08 Å². The number of carboxylic acids is 1. The van der Waals surface area contributed by atoms with Crippen molar-refractivity contribution < 1.29 is 19.5 Å².